The maximum atomic E-state index is 13.0. The molecule has 1 saturated heterocycles. The number of ether oxygens (including phenoxy) is 1. The number of para-hydroxylation sites is 1. The van der Waals surface area contributed by atoms with E-state index in [1.807, 2.05) is 29.2 Å². The summed E-state index contributed by atoms with van der Waals surface area (Å²) in [7, 11) is 1.62. The Labute approximate surface area is 155 Å². The van der Waals surface area contributed by atoms with Crippen LogP contribution in [-0.4, -0.2) is 48.5 Å². The van der Waals surface area contributed by atoms with E-state index in [1.165, 1.54) is 11.1 Å². The van der Waals surface area contributed by atoms with E-state index in [0.29, 0.717) is 17.4 Å². The lowest BCUT2D eigenvalue weighted by Crippen LogP contribution is -2.51. The third-order valence-electron chi connectivity index (χ3n) is 5.70. The highest BCUT2D eigenvalue weighted by molar-refractivity contribution is 5.97. The van der Waals surface area contributed by atoms with E-state index in [9.17, 15) is 4.79 Å². The summed E-state index contributed by atoms with van der Waals surface area (Å²) in [5.74, 6) is 0.746. The summed E-state index contributed by atoms with van der Waals surface area (Å²) in [5.41, 5.74) is 3.58. The average molecular weight is 350 g/mol. The van der Waals surface area contributed by atoms with Crippen LogP contribution in [0.15, 0.2) is 48.5 Å². The third-order valence-corrected chi connectivity index (χ3v) is 5.70. The van der Waals surface area contributed by atoms with Crippen molar-refractivity contribution >= 4 is 5.91 Å². The Morgan fingerprint density at radius 3 is 2.65 bits per heavy atom. The lowest BCUT2D eigenvalue weighted by atomic mass is 9.95. The van der Waals surface area contributed by atoms with Gasteiger partial charge in [-0.3, -0.25) is 9.69 Å². The molecule has 0 radical (unpaired) electrons. The average Bonchev–Trinajstić information content (AvgIpc) is 2.73. The summed E-state index contributed by atoms with van der Waals surface area (Å²) >= 11 is 0. The van der Waals surface area contributed by atoms with Gasteiger partial charge in [-0.15, -0.1) is 0 Å². The molecule has 1 atom stereocenters. The topological polar surface area (TPSA) is 32.8 Å². The van der Waals surface area contributed by atoms with Crippen LogP contribution in [0.25, 0.3) is 0 Å². The predicted molar refractivity (Wildman–Crippen MR) is 102 cm³/mol. The van der Waals surface area contributed by atoms with Crippen molar-refractivity contribution in [2.24, 2.45) is 0 Å². The first-order valence-corrected chi connectivity index (χ1v) is 9.49. The van der Waals surface area contributed by atoms with Gasteiger partial charge in [0.1, 0.15) is 5.75 Å². The molecule has 2 heterocycles. The summed E-state index contributed by atoms with van der Waals surface area (Å²) in [6.45, 7) is 3.72. The number of fused-ring (bicyclic) bond motifs is 1. The Hall–Kier alpha value is -2.33. The molecule has 0 bridgehead atoms. The van der Waals surface area contributed by atoms with E-state index >= 15 is 0 Å². The Bertz CT molecular complexity index is 789. The van der Waals surface area contributed by atoms with Crippen molar-refractivity contribution in [2.75, 3.05) is 26.7 Å². The molecule has 1 amide bonds. The minimum atomic E-state index is 0.0876. The van der Waals surface area contributed by atoms with Gasteiger partial charge in [-0.05, 0) is 42.5 Å². The number of hydrogen-bond donors (Lipinski definition) is 0. The van der Waals surface area contributed by atoms with Crippen molar-refractivity contribution in [3.05, 3.63) is 65.2 Å². The molecule has 2 aromatic rings. The number of carbonyl (C=O) groups is 1. The quantitative estimate of drug-likeness (QED) is 0.851. The molecule has 2 aliphatic heterocycles. The van der Waals surface area contributed by atoms with Crippen LogP contribution >= 0.6 is 0 Å². The number of likely N-dealkylation sites (tertiary alicyclic amines) is 1. The molecule has 136 valence electrons. The molecule has 0 aromatic heterocycles. The summed E-state index contributed by atoms with van der Waals surface area (Å²) in [6.07, 6.45) is 3.33. The van der Waals surface area contributed by atoms with E-state index in [2.05, 4.69) is 29.2 Å². The molecular formula is C22H26N2O2. The predicted octanol–water partition coefficient (Wildman–Crippen LogP) is 3.36. The molecule has 4 nitrogen and oxygen atoms in total. The Balaban J connectivity index is 1.47. The Morgan fingerprint density at radius 1 is 1.04 bits per heavy atom. The largest absolute Gasteiger partial charge is 0.496 e. The van der Waals surface area contributed by atoms with Gasteiger partial charge in [-0.25, -0.2) is 0 Å². The van der Waals surface area contributed by atoms with Gasteiger partial charge in [-0.2, -0.15) is 0 Å². The van der Waals surface area contributed by atoms with Gasteiger partial charge < -0.3 is 9.64 Å². The lowest BCUT2D eigenvalue weighted by molar-refractivity contribution is 0.0546. The second-order valence-corrected chi connectivity index (χ2v) is 7.24. The van der Waals surface area contributed by atoms with Crippen molar-refractivity contribution in [1.29, 1.82) is 0 Å². The van der Waals surface area contributed by atoms with Gasteiger partial charge in [0.2, 0.25) is 0 Å². The van der Waals surface area contributed by atoms with Crippen molar-refractivity contribution in [1.82, 2.24) is 9.80 Å². The first-order valence-electron chi connectivity index (χ1n) is 9.49. The fourth-order valence-corrected chi connectivity index (χ4v) is 4.26. The van der Waals surface area contributed by atoms with E-state index in [1.54, 1.807) is 7.11 Å². The van der Waals surface area contributed by atoms with Crippen LogP contribution in [-0.2, 0) is 13.0 Å². The monoisotopic (exact) mass is 350 g/mol. The van der Waals surface area contributed by atoms with Crippen LogP contribution in [0.2, 0.25) is 0 Å². The molecule has 0 spiro atoms. The van der Waals surface area contributed by atoms with Gasteiger partial charge in [0.25, 0.3) is 5.91 Å². The maximum absolute atomic E-state index is 13.0. The summed E-state index contributed by atoms with van der Waals surface area (Å²) in [6, 6.07) is 16.7. The molecule has 2 aliphatic rings. The molecule has 0 N–H and O–H groups in total. The number of carbonyl (C=O) groups excluding carboxylic acids is 1. The fraction of sp³-hybridized carbons (Fsp3) is 0.409. The molecular weight excluding hydrogens is 324 g/mol. The van der Waals surface area contributed by atoms with E-state index in [0.717, 1.165) is 45.4 Å². The van der Waals surface area contributed by atoms with Crippen molar-refractivity contribution in [3.8, 4) is 5.75 Å². The van der Waals surface area contributed by atoms with Crippen molar-refractivity contribution in [2.45, 2.75) is 31.8 Å². The van der Waals surface area contributed by atoms with Gasteiger partial charge in [0.05, 0.1) is 12.7 Å². The summed E-state index contributed by atoms with van der Waals surface area (Å²) in [4.78, 5) is 17.6. The van der Waals surface area contributed by atoms with Gasteiger partial charge >= 0.3 is 0 Å². The minimum absolute atomic E-state index is 0.0876. The fourth-order valence-electron chi connectivity index (χ4n) is 4.26. The number of amides is 1. The number of rotatable bonds is 3. The minimum Gasteiger partial charge on any atom is -0.496 e. The molecule has 2 aromatic carbocycles. The normalized spacial score (nSPS) is 20.5. The molecule has 4 heteroatoms. The maximum Gasteiger partial charge on any atom is 0.257 e. The molecule has 0 unspecified atom stereocenters. The highest BCUT2D eigenvalue weighted by Gasteiger charge is 2.30. The standard InChI is InChI=1S/C22H26N2O2/c1-26-21-11-5-4-10-20(21)22(25)24-13-6-9-19(16-24)23-14-12-17-7-2-3-8-18(17)15-23/h2-5,7-8,10-11,19H,6,9,12-16H2,1H3/t19-/m0/s1. The number of piperidine rings is 1. The summed E-state index contributed by atoms with van der Waals surface area (Å²) in [5, 5.41) is 0. The highest BCUT2D eigenvalue weighted by Crippen LogP contribution is 2.26. The number of benzene rings is 2. The Morgan fingerprint density at radius 2 is 1.81 bits per heavy atom. The van der Waals surface area contributed by atoms with E-state index in [-0.39, 0.29) is 5.91 Å². The number of hydrogen-bond acceptors (Lipinski definition) is 3. The smallest absolute Gasteiger partial charge is 0.257 e. The SMILES string of the molecule is COc1ccccc1C(=O)N1CCC[C@H](N2CCc3ccccc3C2)C1. The van der Waals surface area contributed by atoms with Crippen LogP contribution in [0.1, 0.15) is 34.3 Å². The van der Waals surface area contributed by atoms with Crippen molar-refractivity contribution in [3.63, 3.8) is 0 Å². The lowest BCUT2D eigenvalue weighted by Gasteiger charge is -2.41. The van der Waals surface area contributed by atoms with E-state index in [4.69, 9.17) is 4.74 Å². The second kappa shape index (κ2) is 7.50. The van der Waals surface area contributed by atoms with Crippen molar-refractivity contribution < 1.29 is 9.53 Å². The third kappa shape index (κ3) is 3.34. The van der Waals surface area contributed by atoms with Crippen LogP contribution < -0.4 is 4.74 Å². The second-order valence-electron chi connectivity index (χ2n) is 7.24. The zero-order valence-corrected chi connectivity index (χ0v) is 15.4. The summed E-state index contributed by atoms with van der Waals surface area (Å²) < 4.78 is 5.38. The van der Waals surface area contributed by atoms with Crippen LogP contribution in [0, 0.1) is 0 Å². The first-order chi connectivity index (χ1) is 12.8. The number of nitrogens with zero attached hydrogens (tertiary/aromatic N) is 2. The van der Waals surface area contributed by atoms with Gasteiger partial charge in [0.15, 0.2) is 0 Å². The molecule has 0 aliphatic carbocycles. The zero-order valence-electron chi connectivity index (χ0n) is 15.4. The highest BCUT2D eigenvalue weighted by atomic mass is 16.5. The van der Waals surface area contributed by atoms with Crippen LogP contribution in [0.3, 0.4) is 0 Å². The van der Waals surface area contributed by atoms with E-state index < -0.39 is 0 Å². The molecule has 4 rings (SSSR count). The van der Waals surface area contributed by atoms with Gasteiger partial charge in [0, 0.05) is 32.2 Å². The van der Waals surface area contributed by atoms with Crippen LogP contribution in [0.4, 0.5) is 0 Å². The van der Waals surface area contributed by atoms with Crippen LogP contribution in [0.5, 0.6) is 5.75 Å². The number of methoxy groups -OCH3 is 1. The zero-order chi connectivity index (χ0) is 17.9. The Kier molecular flexibility index (Phi) is 4.93. The molecule has 26 heavy (non-hydrogen) atoms. The first kappa shape index (κ1) is 17.1. The molecule has 1 fully saturated rings. The molecule has 0 saturated carbocycles. The van der Waals surface area contributed by atoms with Gasteiger partial charge in [-0.1, -0.05) is 36.4 Å².